The number of aromatic amines is 1. The number of nitrogens with one attached hydrogen (secondary N) is 1. The number of aryl methyl sites for hydroxylation is 1. The molecule has 2 aromatic rings. The molecule has 0 unspecified atom stereocenters. The molecule has 6 nitrogen and oxygen atoms in total. The van der Waals surface area contributed by atoms with Crippen LogP contribution in [-0.4, -0.2) is 59.9 Å². The standard InChI is InChI=1S/C21H27N3O3/c1-16-6-7-19(27-2)17(13-16)14-20(25)23-9-4-10-24(12-11-23)21(26)15-18-5-3-8-22-18/h3,5-8,13,22H,4,9-12,14-15H2,1-2H3. The smallest absolute Gasteiger partial charge is 0.228 e. The van der Waals surface area contributed by atoms with E-state index in [1.807, 2.05) is 53.3 Å². The fourth-order valence-corrected chi connectivity index (χ4v) is 3.49. The Morgan fingerprint density at radius 3 is 2.37 bits per heavy atom. The van der Waals surface area contributed by atoms with E-state index in [9.17, 15) is 9.59 Å². The molecular formula is C21H27N3O3. The molecule has 1 fully saturated rings. The van der Waals surface area contributed by atoms with Crippen molar-refractivity contribution >= 4 is 11.8 Å². The molecule has 0 radical (unpaired) electrons. The van der Waals surface area contributed by atoms with Crippen molar-refractivity contribution in [3.05, 3.63) is 53.3 Å². The summed E-state index contributed by atoms with van der Waals surface area (Å²) in [6.45, 7) is 4.53. The summed E-state index contributed by atoms with van der Waals surface area (Å²) in [6.07, 6.45) is 3.32. The molecule has 1 N–H and O–H groups in total. The zero-order valence-corrected chi connectivity index (χ0v) is 16.0. The van der Waals surface area contributed by atoms with Gasteiger partial charge in [0.05, 0.1) is 20.0 Å². The number of H-pyrrole nitrogens is 1. The number of nitrogens with zero attached hydrogens (tertiary/aromatic N) is 2. The summed E-state index contributed by atoms with van der Waals surface area (Å²) in [5, 5.41) is 0. The monoisotopic (exact) mass is 369 g/mol. The molecule has 0 aliphatic carbocycles. The minimum atomic E-state index is 0.0811. The van der Waals surface area contributed by atoms with Gasteiger partial charge in [0.15, 0.2) is 0 Å². The lowest BCUT2D eigenvalue weighted by atomic mass is 10.1. The highest BCUT2D eigenvalue weighted by Gasteiger charge is 2.23. The van der Waals surface area contributed by atoms with Crippen molar-refractivity contribution in [2.75, 3.05) is 33.3 Å². The Hall–Kier alpha value is -2.76. The van der Waals surface area contributed by atoms with Crippen molar-refractivity contribution in [2.24, 2.45) is 0 Å². The summed E-state index contributed by atoms with van der Waals surface area (Å²) in [7, 11) is 1.62. The Morgan fingerprint density at radius 1 is 1.04 bits per heavy atom. The van der Waals surface area contributed by atoms with Crippen molar-refractivity contribution in [3.63, 3.8) is 0 Å². The molecule has 2 amide bonds. The van der Waals surface area contributed by atoms with Crippen molar-refractivity contribution < 1.29 is 14.3 Å². The van der Waals surface area contributed by atoms with Crippen LogP contribution in [0.2, 0.25) is 0 Å². The molecule has 27 heavy (non-hydrogen) atoms. The van der Waals surface area contributed by atoms with E-state index in [1.165, 1.54) is 0 Å². The number of hydrogen-bond acceptors (Lipinski definition) is 3. The second kappa shape index (κ2) is 8.75. The molecular weight excluding hydrogens is 342 g/mol. The van der Waals surface area contributed by atoms with Gasteiger partial charge in [0, 0.05) is 43.6 Å². The number of carbonyl (C=O) groups excluding carboxylic acids is 2. The maximum atomic E-state index is 12.8. The summed E-state index contributed by atoms with van der Waals surface area (Å²) in [5.74, 6) is 0.927. The third kappa shape index (κ3) is 4.90. The summed E-state index contributed by atoms with van der Waals surface area (Å²) < 4.78 is 5.39. The van der Waals surface area contributed by atoms with Crippen LogP contribution in [0.25, 0.3) is 0 Å². The average Bonchev–Trinajstić information content (AvgIpc) is 3.02. The maximum absolute atomic E-state index is 12.8. The minimum Gasteiger partial charge on any atom is -0.496 e. The van der Waals surface area contributed by atoms with E-state index < -0.39 is 0 Å². The first kappa shape index (κ1) is 19.0. The molecule has 1 aromatic carbocycles. The van der Waals surface area contributed by atoms with E-state index in [4.69, 9.17) is 4.74 Å². The SMILES string of the molecule is COc1ccc(C)cc1CC(=O)N1CCCN(C(=O)Cc2ccc[nH]2)CC1. The number of amides is 2. The van der Waals surface area contributed by atoms with Crippen LogP contribution < -0.4 is 4.74 Å². The van der Waals surface area contributed by atoms with Crippen molar-refractivity contribution in [3.8, 4) is 5.75 Å². The third-order valence-corrected chi connectivity index (χ3v) is 4.98. The van der Waals surface area contributed by atoms with E-state index in [1.54, 1.807) is 7.11 Å². The lowest BCUT2D eigenvalue weighted by Gasteiger charge is -2.22. The minimum absolute atomic E-state index is 0.0811. The Balaban J connectivity index is 1.58. The highest BCUT2D eigenvalue weighted by molar-refractivity contribution is 5.80. The van der Waals surface area contributed by atoms with Gasteiger partial charge in [-0.15, -0.1) is 0 Å². The predicted octanol–water partition coefficient (Wildman–Crippen LogP) is 2.18. The van der Waals surface area contributed by atoms with Gasteiger partial charge in [0.25, 0.3) is 0 Å². The molecule has 0 spiro atoms. The number of ether oxygens (including phenoxy) is 1. The zero-order valence-electron chi connectivity index (χ0n) is 16.0. The van der Waals surface area contributed by atoms with E-state index in [0.717, 1.165) is 29.0 Å². The molecule has 3 rings (SSSR count). The van der Waals surface area contributed by atoms with Crippen LogP contribution in [0.3, 0.4) is 0 Å². The number of benzene rings is 1. The van der Waals surface area contributed by atoms with E-state index >= 15 is 0 Å². The van der Waals surface area contributed by atoms with Gasteiger partial charge in [-0.2, -0.15) is 0 Å². The van der Waals surface area contributed by atoms with E-state index in [0.29, 0.717) is 39.0 Å². The zero-order chi connectivity index (χ0) is 19.2. The van der Waals surface area contributed by atoms with Gasteiger partial charge < -0.3 is 19.5 Å². The fourth-order valence-electron chi connectivity index (χ4n) is 3.49. The van der Waals surface area contributed by atoms with Gasteiger partial charge >= 0.3 is 0 Å². The van der Waals surface area contributed by atoms with Gasteiger partial charge in [0.2, 0.25) is 11.8 Å². The van der Waals surface area contributed by atoms with Crippen LogP contribution in [0.4, 0.5) is 0 Å². The van der Waals surface area contributed by atoms with Gasteiger partial charge in [-0.05, 0) is 31.5 Å². The highest BCUT2D eigenvalue weighted by atomic mass is 16.5. The summed E-state index contributed by atoms with van der Waals surface area (Å²) >= 11 is 0. The first-order valence-electron chi connectivity index (χ1n) is 9.38. The molecule has 144 valence electrons. The summed E-state index contributed by atoms with van der Waals surface area (Å²) in [5.41, 5.74) is 2.94. The first-order valence-corrected chi connectivity index (χ1v) is 9.38. The maximum Gasteiger partial charge on any atom is 0.228 e. The Kier molecular flexibility index (Phi) is 6.16. The summed E-state index contributed by atoms with van der Waals surface area (Å²) in [6, 6.07) is 9.69. The van der Waals surface area contributed by atoms with Gasteiger partial charge in [0.1, 0.15) is 5.75 Å². The van der Waals surface area contributed by atoms with Crippen LogP contribution in [0.1, 0.15) is 23.2 Å². The largest absolute Gasteiger partial charge is 0.496 e. The number of methoxy groups -OCH3 is 1. The highest BCUT2D eigenvalue weighted by Crippen LogP contribution is 2.21. The molecule has 0 atom stereocenters. The molecule has 6 heteroatoms. The average molecular weight is 369 g/mol. The number of aromatic nitrogens is 1. The molecule has 0 saturated carbocycles. The normalized spacial score (nSPS) is 14.7. The lowest BCUT2D eigenvalue weighted by molar-refractivity contribution is -0.132. The first-order chi connectivity index (χ1) is 13.1. The van der Waals surface area contributed by atoms with Crippen molar-refractivity contribution in [2.45, 2.75) is 26.2 Å². The van der Waals surface area contributed by atoms with Crippen molar-refractivity contribution in [1.29, 1.82) is 0 Å². The Labute approximate surface area is 160 Å². The van der Waals surface area contributed by atoms with E-state index in [2.05, 4.69) is 4.98 Å². The quantitative estimate of drug-likeness (QED) is 0.879. The van der Waals surface area contributed by atoms with Crippen LogP contribution in [-0.2, 0) is 22.4 Å². The molecule has 1 aromatic heterocycles. The second-order valence-corrected chi connectivity index (χ2v) is 6.98. The predicted molar refractivity (Wildman–Crippen MR) is 104 cm³/mol. The number of hydrogen-bond donors (Lipinski definition) is 1. The van der Waals surface area contributed by atoms with Crippen LogP contribution >= 0.6 is 0 Å². The van der Waals surface area contributed by atoms with Gasteiger partial charge in [-0.3, -0.25) is 9.59 Å². The molecule has 2 heterocycles. The molecule has 1 saturated heterocycles. The molecule has 1 aliphatic heterocycles. The Morgan fingerprint density at radius 2 is 1.74 bits per heavy atom. The lowest BCUT2D eigenvalue weighted by Crippen LogP contribution is -2.38. The topological polar surface area (TPSA) is 65.6 Å². The van der Waals surface area contributed by atoms with E-state index in [-0.39, 0.29) is 11.8 Å². The summed E-state index contributed by atoms with van der Waals surface area (Å²) in [4.78, 5) is 32.1. The van der Waals surface area contributed by atoms with Crippen LogP contribution in [0, 0.1) is 6.92 Å². The second-order valence-electron chi connectivity index (χ2n) is 6.98. The van der Waals surface area contributed by atoms with Crippen LogP contribution in [0.5, 0.6) is 5.75 Å². The number of rotatable bonds is 5. The Bertz CT molecular complexity index is 786. The third-order valence-electron chi connectivity index (χ3n) is 4.98. The van der Waals surface area contributed by atoms with Crippen molar-refractivity contribution in [1.82, 2.24) is 14.8 Å². The molecule has 0 bridgehead atoms. The number of carbonyl (C=O) groups is 2. The van der Waals surface area contributed by atoms with Crippen LogP contribution in [0.15, 0.2) is 36.5 Å². The van der Waals surface area contributed by atoms with Gasteiger partial charge in [-0.1, -0.05) is 17.7 Å². The molecule has 1 aliphatic rings. The van der Waals surface area contributed by atoms with Gasteiger partial charge in [-0.25, -0.2) is 0 Å². The fraction of sp³-hybridized carbons (Fsp3) is 0.429.